The van der Waals surface area contributed by atoms with Gasteiger partial charge in [0.15, 0.2) is 5.78 Å². The second kappa shape index (κ2) is 9.41. The van der Waals surface area contributed by atoms with E-state index in [-0.39, 0.29) is 24.7 Å². The molecule has 1 rings (SSSR count). The van der Waals surface area contributed by atoms with Crippen molar-refractivity contribution < 1.29 is 14.7 Å². The first-order chi connectivity index (χ1) is 8.84. The lowest BCUT2D eigenvalue weighted by Gasteiger charge is -2.05. The van der Waals surface area contributed by atoms with E-state index < -0.39 is 11.0 Å². The molecule has 1 radical (unpaired) electrons. The Morgan fingerprint density at radius 3 is 2.16 bits per heavy atom. The molecule has 0 heterocycles. The van der Waals surface area contributed by atoms with E-state index >= 15 is 0 Å². The summed E-state index contributed by atoms with van der Waals surface area (Å²) in [5, 5.41) is 8.85. The standard InChI is InChI=1S/C12H11ClO3.Al.2ClH/c1-7-4-3-5-9(6-7)11(15)10(8(2)14)12(13)16;;;/h3-6,15H,1-2H3;;2*1H/q;+2;;/p-2/b11-10+;;;. The molecular weight excluding hydrogens is 325 g/mol. The highest BCUT2D eigenvalue weighted by Gasteiger charge is 2.19. The third-order valence-electron chi connectivity index (χ3n) is 2.08. The number of allylic oxidation sites excluding steroid dienone is 1. The minimum atomic E-state index is -0.952. The van der Waals surface area contributed by atoms with Gasteiger partial charge in [0.25, 0.3) is 5.24 Å². The lowest BCUT2D eigenvalue weighted by Crippen LogP contribution is -2.07. The lowest BCUT2D eigenvalue weighted by molar-refractivity contribution is -0.117. The number of carbonyl (C=O) groups excluding carboxylic acids is 2. The summed E-state index contributed by atoms with van der Waals surface area (Å²) in [7, 11) is 9.69. The molecule has 0 aliphatic rings. The summed E-state index contributed by atoms with van der Waals surface area (Å²) in [5.74, 6) is -0.935. The first-order valence-corrected chi connectivity index (χ1v) is 8.95. The fraction of sp³-hybridized carbons (Fsp3) is 0.167. The molecule has 7 heteroatoms. The molecule has 0 aliphatic carbocycles. The molecule has 1 N–H and O–H groups in total. The zero-order valence-corrected chi connectivity index (χ0v) is 13.7. The van der Waals surface area contributed by atoms with Crippen LogP contribution >= 0.6 is 31.7 Å². The van der Waals surface area contributed by atoms with Gasteiger partial charge in [-0.2, -0.15) is 0 Å². The summed E-state index contributed by atoms with van der Waals surface area (Å²) in [4.78, 5) is 22.2. The first-order valence-electron chi connectivity index (χ1n) is 5.08. The van der Waals surface area contributed by atoms with E-state index in [2.05, 4.69) is 0 Å². The maximum absolute atomic E-state index is 11.2. The van der Waals surface area contributed by atoms with Gasteiger partial charge in [0, 0.05) is 5.56 Å². The number of rotatable bonds is 3. The van der Waals surface area contributed by atoms with Crippen molar-refractivity contribution in [3.8, 4) is 0 Å². The van der Waals surface area contributed by atoms with E-state index in [0.29, 0.717) is 5.56 Å². The molecular formula is C12H11AlCl3O3. The largest absolute Gasteiger partial charge is 0.506 e. The third kappa shape index (κ3) is 6.47. The van der Waals surface area contributed by atoms with Gasteiger partial charge in [-0.3, -0.25) is 9.59 Å². The smallest absolute Gasteiger partial charge is 0.495 e. The van der Waals surface area contributed by atoms with Crippen LogP contribution in [0.25, 0.3) is 5.76 Å². The Morgan fingerprint density at radius 2 is 1.79 bits per heavy atom. The van der Waals surface area contributed by atoms with E-state index in [0.717, 1.165) is 5.56 Å². The SMILES string of the molecule is CC(=O)/C(C(=O)Cl)=C(\O)c1cccc(C)c1.[Cl][Al][Cl]. The normalized spacial score (nSPS) is 10.8. The Balaban J connectivity index is 0.000000982. The zero-order chi connectivity index (χ0) is 15.0. The molecule has 0 amide bonds. The highest BCUT2D eigenvalue weighted by molar-refractivity contribution is 7.22. The van der Waals surface area contributed by atoms with Crippen LogP contribution in [-0.4, -0.2) is 29.5 Å². The molecule has 101 valence electrons. The van der Waals surface area contributed by atoms with Crippen LogP contribution in [-0.2, 0) is 9.59 Å². The molecule has 3 nitrogen and oxygen atoms in total. The van der Waals surface area contributed by atoms with E-state index in [4.69, 9.17) is 31.7 Å². The maximum atomic E-state index is 11.2. The number of benzene rings is 1. The van der Waals surface area contributed by atoms with Crippen molar-refractivity contribution in [2.45, 2.75) is 13.8 Å². The van der Waals surface area contributed by atoms with E-state index in [1.165, 1.54) is 6.92 Å². The molecule has 0 unspecified atom stereocenters. The Hall–Kier alpha value is -0.498. The summed E-state index contributed by atoms with van der Waals surface area (Å²) in [5.41, 5.74) is 0.931. The molecule has 0 fully saturated rings. The number of hydrogen-bond acceptors (Lipinski definition) is 3. The van der Waals surface area contributed by atoms with Crippen LogP contribution in [0.4, 0.5) is 0 Å². The topological polar surface area (TPSA) is 54.4 Å². The van der Waals surface area contributed by atoms with Crippen LogP contribution in [0.1, 0.15) is 18.1 Å². The van der Waals surface area contributed by atoms with Crippen molar-refractivity contribution >= 4 is 61.9 Å². The quantitative estimate of drug-likeness (QED) is 0.229. The molecule has 0 spiro atoms. The first kappa shape index (κ1) is 18.5. The van der Waals surface area contributed by atoms with Crippen LogP contribution < -0.4 is 0 Å². The van der Waals surface area contributed by atoms with Gasteiger partial charge in [0.05, 0.1) is 0 Å². The fourth-order valence-corrected chi connectivity index (χ4v) is 1.56. The summed E-state index contributed by atoms with van der Waals surface area (Å²) in [6.45, 7) is 3.02. The van der Waals surface area contributed by atoms with Crippen LogP contribution in [0, 0.1) is 6.92 Å². The van der Waals surface area contributed by atoms with Crippen LogP contribution in [0.2, 0.25) is 0 Å². The lowest BCUT2D eigenvalue weighted by atomic mass is 10.0. The van der Waals surface area contributed by atoms with Crippen molar-refractivity contribution in [2.24, 2.45) is 0 Å². The molecule has 0 saturated carbocycles. The van der Waals surface area contributed by atoms with Gasteiger partial charge in [-0.1, -0.05) is 23.8 Å². The average Bonchev–Trinajstić information content (AvgIpc) is 2.28. The second-order valence-electron chi connectivity index (χ2n) is 3.51. The highest BCUT2D eigenvalue weighted by Crippen LogP contribution is 2.19. The van der Waals surface area contributed by atoms with Gasteiger partial charge >= 0.3 is 13.4 Å². The molecule has 1 aromatic carbocycles. The Morgan fingerprint density at radius 1 is 1.26 bits per heavy atom. The summed E-state index contributed by atoms with van der Waals surface area (Å²) in [6.07, 6.45) is 0. The number of hydrogen-bond donors (Lipinski definition) is 1. The number of aliphatic hydroxyl groups excluding tert-OH is 1. The van der Waals surface area contributed by atoms with Gasteiger partial charge in [-0.15, -0.1) is 0 Å². The number of halogens is 3. The number of aliphatic hydroxyl groups is 1. The van der Waals surface area contributed by atoms with Gasteiger partial charge in [0.2, 0.25) is 0 Å². The predicted molar refractivity (Wildman–Crippen MR) is 79.7 cm³/mol. The molecule has 1 aromatic rings. The monoisotopic (exact) mass is 335 g/mol. The van der Waals surface area contributed by atoms with E-state index in [1.54, 1.807) is 18.2 Å². The van der Waals surface area contributed by atoms with Gasteiger partial charge in [-0.25, -0.2) is 20.1 Å². The molecule has 0 atom stereocenters. The van der Waals surface area contributed by atoms with Crippen molar-refractivity contribution in [3.05, 3.63) is 41.0 Å². The number of Topliss-reactive ketones (excluding diaryl/α,β-unsaturated/α-hetero) is 1. The summed E-state index contributed by atoms with van der Waals surface area (Å²) < 4.78 is 0. The van der Waals surface area contributed by atoms with Gasteiger partial charge in [-0.05, 0) is 31.5 Å². The minimum Gasteiger partial charge on any atom is -0.506 e. The molecule has 0 aromatic heterocycles. The van der Waals surface area contributed by atoms with Crippen molar-refractivity contribution in [2.75, 3.05) is 0 Å². The van der Waals surface area contributed by atoms with Crippen LogP contribution in [0.3, 0.4) is 0 Å². The summed E-state index contributed by atoms with van der Waals surface area (Å²) in [6, 6.07) is 6.83. The van der Waals surface area contributed by atoms with Gasteiger partial charge < -0.3 is 5.11 Å². The fourth-order valence-electron chi connectivity index (χ4n) is 1.33. The average molecular weight is 337 g/mol. The highest BCUT2D eigenvalue weighted by atomic mass is 35.7. The van der Waals surface area contributed by atoms with Gasteiger partial charge in [0.1, 0.15) is 11.3 Å². The minimum absolute atomic E-state index is 0.306. The molecule has 0 bridgehead atoms. The molecule has 19 heavy (non-hydrogen) atoms. The molecule has 0 saturated heterocycles. The Labute approximate surface area is 131 Å². The van der Waals surface area contributed by atoms with Crippen LogP contribution in [0.5, 0.6) is 0 Å². The van der Waals surface area contributed by atoms with Crippen molar-refractivity contribution in [3.63, 3.8) is 0 Å². The van der Waals surface area contributed by atoms with Crippen molar-refractivity contribution in [1.29, 1.82) is 0 Å². The second-order valence-corrected chi connectivity index (χ2v) is 5.99. The van der Waals surface area contributed by atoms with Crippen LogP contribution in [0.15, 0.2) is 29.8 Å². The number of carbonyl (C=O) groups is 2. The van der Waals surface area contributed by atoms with E-state index in [1.807, 2.05) is 13.0 Å². The maximum Gasteiger partial charge on any atom is 0.495 e. The van der Waals surface area contributed by atoms with E-state index in [9.17, 15) is 14.7 Å². The predicted octanol–water partition coefficient (Wildman–Crippen LogP) is 3.62. The van der Waals surface area contributed by atoms with Crippen molar-refractivity contribution in [1.82, 2.24) is 0 Å². The Kier molecular flexibility index (Phi) is 9.17. The Bertz CT molecular complexity index is 485. The summed E-state index contributed by atoms with van der Waals surface area (Å²) >= 11 is 4.94. The number of aryl methyl sites for hydroxylation is 1. The molecule has 0 aliphatic heterocycles. The number of ketones is 1. The third-order valence-corrected chi connectivity index (χ3v) is 2.27. The zero-order valence-electron chi connectivity index (χ0n) is 10.3.